The Labute approximate surface area is 131 Å². The summed E-state index contributed by atoms with van der Waals surface area (Å²) < 4.78 is 5.72. The molecule has 22 heavy (non-hydrogen) atoms. The second-order valence-corrected chi connectivity index (χ2v) is 8.26. The summed E-state index contributed by atoms with van der Waals surface area (Å²) in [5.41, 5.74) is 0. The standard InChI is InChI=1S/C19H15O2Si/c20-16-21-22(17-10-4-1-5-11-17,18-12-6-2-7-13-18)19-14-8-3-9-15-19/h1-15H. The first-order valence-corrected chi connectivity index (χ1v) is 9.00. The van der Waals surface area contributed by atoms with Crippen LogP contribution in [0.25, 0.3) is 0 Å². The third-order valence-electron chi connectivity index (χ3n) is 3.74. The van der Waals surface area contributed by atoms with Gasteiger partial charge in [0, 0.05) is 0 Å². The van der Waals surface area contributed by atoms with Gasteiger partial charge in [-0.2, -0.15) is 0 Å². The van der Waals surface area contributed by atoms with Gasteiger partial charge in [-0.3, -0.25) is 0 Å². The van der Waals surface area contributed by atoms with E-state index in [9.17, 15) is 4.79 Å². The quantitative estimate of drug-likeness (QED) is 0.530. The summed E-state index contributed by atoms with van der Waals surface area (Å²) >= 11 is 0. The second kappa shape index (κ2) is 6.41. The predicted molar refractivity (Wildman–Crippen MR) is 90.8 cm³/mol. The molecule has 3 rings (SSSR count). The molecule has 0 aliphatic rings. The van der Waals surface area contributed by atoms with Gasteiger partial charge in [0.05, 0.1) is 0 Å². The Morgan fingerprint density at radius 3 is 1.18 bits per heavy atom. The molecule has 0 atom stereocenters. The maximum atomic E-state index is 11.2. The van der Waals surface area contributed by atoms with E-state index in [1.165, 1.54) is 0 Å². The van der Waals surface area contributed by atoms with E-state index in [1.54, 1.807) is 6.47 Å². The van der Waals surface area contributed by atoms with Gasteiger partial charge in [-0.15, -0.1) is 0 Å². The van der Waals surface area contributed by atoms with Gasteiger partial charge in [-0.25, -0.2) is 4.79 Å². The fraction of sp³-hybridized carbons (Fsp3) is 0. The first-order valence-electron chi connectivity index (χ1n) is 7.09. The molecule has 0 saturated carbocycles. The summed E-state index contributed by atoms with van der Waals surface area (Å²) in [5.74, 6) is 0. The number of hydrogen-bond donors (Lipinski definition) is 0. The summed E-state index contributed by atoms with van der Waals surface area (Å²) in [6, 6.07) is 29.8. The van der Waals surface area contributed by atoms with Crippen LogP contribution in [0.3, 0.4) is 0 Å². The Morgan fingerprint density at radius 2 is 0.909 bits per heavy atom. The molecule has 0 aromatic heterocycles. The van der Waals surface area contributed by atoms with E-state index in [-0.39, 0.29) is 0 Å². The molecule has 0 N–H and O–H groups in total. The van der Waals surface area contributed by atoms with E-state index in [0.717, 1.165) is 15.6 Å². The van der Waals surface area contributed by atoms with E-state index < -0.39 is 8.32 Å². The van der Waals surface area contributed by atoms with Crippen LogP contribution in [0, 0.1) is 0 Å². The van der Waals surface area contributed by atoms with Crippen LogP contribution >= 0.6 is 0 Å². The third-order valence-corrected chi connectivity index (χ3v) is 7.56. The normalized spacial score (nSPS) is 10.9. The Hall–Kier alpha value is -2.65. The van der Waals surface area contributed by atoms with Crippen molar-refractivity contribution in [2.45, 2.75) is 0 Å². The Morgan fingerprint density at radius 1 is 0.591 bits per heavy atom. The number of carbonyl (C=O) groups excluding carboxylic acids is 1. The van der Waals surface area contributed by atoms with Crippen LogP contribution < -0.4 is 15.6 Å². The predicted octanol–water partition coefficient (Wildman–Crippen LogP) is 1.74. The molecule has 1 radical (unpaired) electrons. The summed E-state index contributed by atoms with van der Waals surface area (Å²) in [7, 11) is -2.85. The van der Waals surface area contributed by atoms with Crippen molar-refractivity contribution in [3.05, 3.63) is 91.0 Å². The van der Waals surface area contributed by atoms with Crippen LogP contribution in [0.2, 0.25) is 0 Å². The van der Waals surface area contributed by atoms with Crippen LogP contribution in [0.15, 0.2) is 91.0 Å². The van der Waals surface area contributed by atoms with Crippen molar-refractivity contribution in [2.24, 2.45) is 0 Å². The van der Waals surface area contributed by atoms with Gasteiger partial charge in [0.1, 0.15) is 0 Å². The second-order valence-electron chi connectivity index (χ2n) is 4.96. The SMILES string of the molecule is O=[C]O[Si](c1ccccc1)(c1ccccc1)c1ccccc1. The number of hydrogen-bond acceptors (Lipinski definition) is 2. The van der Waals surface area contributed by atoms with Crippen molar-refractivity contribution in [3.63, 3.8) is 0 Å². The Bertz CT molecular complexity index is 630. The lowest BCUT2D eigenvalue weighted by atomic mass is 10.3. The highest BCUT2D eigenvalue weighted by molar-refractivity contribution is 7.07. The molecular formula is C19H15O2Si. The lowest BCUT2D eigenvalue weighted by Gasteiger charge is -2.29. The van der Waals surface area contributed by atoms with Gasteiger partial charge in [0.25, 0.3) is 0 Å². The minimum atomic E-state index is -2.85. The van der Waals surface area contributed by atoms with Crippen LogP contribution in [0.1, 0.15) is 0 Å². The van der Waals surface area contributed by atoms with Gasteiger partial charge in [0.2, 0.25) is 0 Å². The van der Waals surface area contributed by atoms with Gasteiger partial charge < -0.3 is 4.43 Å². The van der Waals surface area contributed by atoms with Crippen LogP contribution in [0.5, 0.6) is 0 Å². The summed E-state index contributed by atoms with van der Waals surface area (Å²) in [5, 5.41) is 3.07. The summed E-state index contributed by atoms with van der Waals surface area (Å²) in [4.78, 5) is 11.2. The lowest BCUT2D eigenvalue weighted by Crippen LogP contribution is -2.69. The molecule has 0 spiro atoms. The van der Waals surface area contributed by atoms with Crippen molar-refractivity contribution in [2.75, 3.05) is 0 Å². The Kier molecular flexibility index (Phi) is 4.16. The molecule has 0 amide bonds. The molecule has 0 unspecified atom stereocenters. The molecule has 0 aliphatic heterocycles. The molecule has 0 heterocycles. The minimum Gasteiger partial charge on any atom is -0.497 e. The molecule has 107 valence electrons. The van der Waals surface area contributed by atoms with Crippen molar-refractivity contribution < 1.29 is 9.22 Å². The molecule has 3 heteroatoms. The van der Waals surface area contributed by atoms with E-state index in [4.69, 9.17) is 4.43 Å². The van der Waals surface area contributed by atoms with Crippen molar-refractivity contribution in [3.8, 4) is 0 Å². The molecule has 0 fully saturated rings. The average molecular weight is 303 g/mol. The maximum Gasteiger partial charge on any atom is 0.403 e. The van der Waals surface area contributed by atoms with Gasteiger partial charge in [-0.05, 0) is 15.6 Å². The van der Waals surface area contributed by atoms with Crippen molar-refractivity contribution >= 4 is 30.3 Å². The zero-order valence-corrected chi connectivity index (χ0v) is 13.0. The molecule has 0 saturated heterocycles. The van der Waals surface area contributed by atoms with Gasteiger partial charge in [-0.1, -0.05) is 91.0 Å². The van der Waals surface area contributed by atoms with Crippen LogP contribution in [0.4, 0.5) is 0 Å². The maximum absolute atomic E-state index is 11.2. The molecule has 2 nitrogen and oxygen atoms in total. The number of rotatable bonds is 5. The first-order chi connectivity index (χ1) is 10.9. The minimum absolute atomic E-state index is 1.02. The van der Waals surface area contributed by atoms with Crippen molar-refractivity contribution in [1.29, 1.82) is 0 Å². The third kappa shape index (κ3) is 2.47. The highest BCUT2D eigenvalue weighted by atomic mass is 28.4. The monoisotopic (exact) mass is 303 g/mol. The van der Waals surface area contributed by atoms with E-state index >= 15 is 0 Å². The van der Waals surface area contributed by atoms with Crippen LogP contribution in [-0.2, 0) is 9.22 Å². The fourth-order valence-electron chi connectivity index (χ4n) is 2.76. The van der Waals surface area contributed by atoms with Crippen molar-refractivity contribution in [1.82, 2.24) is 0 Å². The molecule has 0 aliphatic carbocycles. The summed E-state index contributed by atoms with van der Waals surface area (Å²) in [6.07, 6.45) is 0. The lowest BCUT2D eigenvalue weighted by molar-refractivity contribution is 0.449. The van der Waals surface area contributed by atoms with E-state index in [0.29, 0.717) is 0 Å². The molecule has 0 bridgehead atoms. The number of benzene rings is 3. The van der Waals surface area contributed by atoms with Crippen LogP contribution in [-0.4, -0.2) is 14.8 Å². The van der Waals surface area contributed by atoms with Gasteiger partial charge >= 0.3 is 14.8 Å². The molecular weight excluding hydrogens is 288 g/mol. The Balaban J connectivity index is 2.31. The summed E-state index contributed by atoms with van der Waals surface area (Å²) in [6.45, 7) is 1.72. The molecule has 3 aromatic rings. The largest absolute Gasteiger partial charge is 0.497 e. The molecule has 3 aromatic carbocycles. The first kappa shape index (κ1) is 14.3. The highest BCUT2D eigenvalue weighted by Gasteiger charge is 2.43. The zero-order chi connectivity index (χ0) is 15.3. The smallest absolute Gasteiger partial charge is 0.403 e. The topological polar surface area (TPSA) is 26.3 Å². The highest BCUT2D eigenvalue weighted by Crippen LogP contribution is 2.08. The van der Waals surface area contributed by atoms with Gasteiger partial charge in [0.15, 0.2) is 0 Å². The van der Waals surface area contributed by atoms with E-state index in [1.807, 2.05) is 91.0 Å². The fourth-order valence-corrected chi connectivity index (χ4v) is 6.22. The average Bonchev–Trinajstić information content (AvgIpc) is 2.62. The van der Waals surface area contributed by atoms with E-state index in [2.05, 4.69) is 0 Å². The zero-order valence-electron chi connectivity index (χ0n) is 12.0.